The maximum Gasteiger partial charge on any atom is 0.309 e. The third-order valence-corrected chi connectivity index (χ3v) is 7.37. The number of hydrogen-bond donors (Lipinski definition) is 2. The summed E-state index contributed by atoms with van der Waals surface area (Å²) in [6.45, 7) is 10.8. The number of halogens is 1. The first-order valence-corrected chi connectivity index (χ1v) is 12.8. The fourth-order valence-corrected chi connectivity index (χ4v) is 4.67. The smallest absolute Gasteiger partial charge is 0.309 e. The number of hydrogen-bond acceptors (Lipinski definition) is 7. The van der Waals surface area contributed by atoms with Crippen molar-refractivity contribution in [3.63, 3.8) is 0 Å². The number of Topliss-reactive ketones (excluding diaryl/α,β-unsaturated/α-hetero) is 1. The molecule has 0 saturated heterocycles. The van der Waals surface area contributed by atoms with E-state index in [0.717, 1.165) is 24.8 Å². The van der Waals surface area contributed by atoms with Crippen LogP contribution < -0.4 is 0 Å². The molecule has 2 heterocycles. The number of rotatable bonds is 3. The zero-order chi connectivity index (χ0) is 26.3. The van der Waals surface area contributed by atoms with Gasteiger partial charge in [0.05, 0.1) is 29.1 Å². The number of aryl methyl sites for hydroxylation is 1. The number of carbonyl (C=O) groups is 2. The van der Waals surface area contributed by atoms with E-state index >= 15 is 0 Å². The SMILES string of the molecule is CC[C@H]1C(=O)C(C)(C)[C@@H](O)CC(=O)O[C@H](/C(Cl)=C/c2coc(C)n2)C/C=C(/C)CCC[C@H](C)[C@@H]1O. The van der Waals surface area contributed by atoms with Crippen molar-refractivity contribution in [1.29, 1.82) is 0 Å². The Hall–Kier alpha value is -1.96. The summed E-state index contributed by atoms with van der Waals surface area (Å²) in [5.41, 5.74) is 0.397. The van der Waals surface area contributed by atoms with Crippen molar-refractivity contribution in [3.8, 4) is 0 Å². The summed E-state index contributed by atoms with van der Waals surface area (Å²) in [6.07, 6.45) is 5.09. The van der Waals surface area contributed by atoms with E-state index in [2.05, 4.69) is 4.98 Å². The number of ether oxygens (including phenoxy) is 1. The molecular weight excluding hydrogens is 470 g/mol. The minimum Gasteiger partial charge on any atom is -0.456 e. The second kappa shape index (κ2) is 12.8. The molecular formula is C27H40ClNO6. The molecule has 0 aromatic carbocycles. The van der Waals surface area contributed by atoms with E-state index in [4.69, 9.17) is 20.8 Å². The minimum absolute atomic E-state index is 0.0708. The number of aliphatic hydroxyl groups excluding tert-OH is 2. The Morgan fingerprint density at radius 1 is 1.29 bits per heavy atom. The van der Waals surface area contributed by atoms with Crippen LogP contribution in [-0.4, -0.2) is 45.3 Å². The Bertz CT molecular complexity index is 934. The first kappa shape index (κ1) is 29.3. The summed E-state index contributed by atoms with van der Waals surface area (Å²) in [7, 11) is 0. The normalized spacial score (nSPS) is 31.5. The van der Waals surface area contributed by atoms with Crippen LogP contribution in [0.1, 0.15) is 84.7 Å². The molecule has 0 spiro atoms. The van der Waals surface area contributed by atoms with E-state index in [1.165, 1.54) is 6.26 Å². The van der Waals surface area contributed by atoms with Gasteiger partial charge in [-0.15, -0.1) is 0 Å². The van der Waals surface area contributed by atoms with Crippen molar-refractivity contribution >= 4 is 29.4 Å². The predicted octanol–water partition coefficient (Wildman–Crippen LogP) is 5.36. The fourth-order valence-electron chi connectivity index (χ4n) is 4.42. The van der Waals surface area contributed by atoms with E-state index in [9.17, 15) is 19.8 Å². The number of allylic oxidation sites excluding steroid dienone is 1. The number of oxazole rings is 1. The van der Waals surface area contributed by atoms with Crippen LogP contribution in [0, 0.1) is 24.2 Å². The van der Waals surface area contributed by atoms with E-state index in [-0.39, 0.29) is 23.2 Å². The maximum atomic E-state index is 13.4. The van der Waals surface area contributed by atoms with E-state index < -0.39 is 35.6 Å². The lowest BCUT2D eigenvalue weighted by atomic mass is 9.71. The zero-order valence-electron chi connectivity index (χ0n) is 21.7. The third kappa shape index (κ3) is 8.02. The lowest BCUT2D eigenvalue weighted by Crippen LogP contribution is -2.46. The van der Waals surface area contributed by atoms with Gasteiger partial charge < -0.3 is 19.4 Å². The molecule has 1 aliphatic rings. The van der Waals surface area contributed by atoms with Crippen molar-refractivity contribution in [3.05, 3.63) is 34.5 Å². The van der Waals surface area contributed by atoms with Crippen molar-refractivity contribution in [1.82, 2.24) is 4.98 Å². The molecule has 196 valence electrons. The van der Waals surface area contributed by atoms with E-state index in [0.29, 0.717) is 24.4 Å². The summed E-state index contributed by atoms with van der Waals surface area (Å²) in [5.74, 6) is -1.11. The molecule has 0 bridgehead atoms. The monoisotopic (exact) mass is 509 g/mol. The Balaban J connectivity index is 2.35. The summed E-state index contributed by atoms with van der Waals surface area (Å²) in [4.78, 5) is 30.4. The van der Waals surface area contributed by atoms with Gasteiger partial charge in [-0.1, -0.05) is 50.9 Å². The molecule has 0 unspecified atom stereocenters. The molecule has 5 atom stereocenters. The van der Waals surface area contributed by atoms with Crippen LogP contribution >= 0.6 is 11.6 Å². The van der Waals surface area contributed by atoms with Gasteiger partial charge in [0.1, 0.15) is 23.8 Å². The minimum atomic E-state index is -1.27. The quantitative estimate of drug-likeness (QED) is 0.416. The molecule has 0 fully saturated rings. The highest BCUT2D eigenvalue weighted by atomic mass is 35.5. The van der Waals surface area contributed by atoms with Gasteiger partial charge >= 0.3 is 5.97 Å². The first-order chi connectivity index (χ1) is 16.4. The number of carbonyl (C=O) groups excluding carboxylic acids is 2. The molecule has 2 N–H and O–H groups in total. The molecule has 1 aromatic rings. The highest BCUT2D eigenvalue weighted by Crippen LogP contribution is 2.34. The van der Waals surface area contributed by atoms with Gasteiger partial charge in [0, 0.05) is 19.3 Å². The summed E-state index contributed by atoms with van der Waals surface area (Å²) < 4.78 is 10.9. The number of cyclic esters (lactones) is 1. The van der Waals surface area contributed by atoms with Crippen LogP contribution in [0.5, 0.6) is 0 Å². The van der Waals surface area contributed by atoms with Crippen LogP contribution in [0.2, 0.25) is 0 Å². The average molecular weight is 510 g/mol. The van der Waals surface area contributed by atoms with Crippen LogP contribution in [0.25, 0.3) is 6.08 Å². The van der Waals surface area contributed by atoms with Crippen LogP contribution in [0.15, 0.2) is 27.4 Å². The highest BCUT2D eigenvalue weighted by molar-refractivity contribution is 6.32. The second-order valence-corrected chi connectivity index (χ2v) is 10.7. The predicted molar refractivity (Wildman–Crippen MR) is 136 cm³/mol. The van der Waals surface area contributed by atoms with Crippen LogP contribution in [0.3, 0.4) is 0 Å². The van der Waals surface area contributed by atoms with Crippen molar-refractivity contribution in [2.75, 3.05) is 0 Å². The van der Waals surface area contributed by atoms with Crippen molar-refractivity contribution in [2.45, 2.75) is 98.4 Å². The first-order valence-electron chi connectivity index (χ1n) is 12.4. The van der Waals surface area contributed by atoms with Gasteiger partial charge in [-0.05, 0) is 44.6 Å². The molecule has 0 amide bonds. The van der Waals surface area contributed by atoms with Gasteiger partial charge in [-0.3, -0.25) is 9.59 Å². The number of aromatic nitrogens is 1. The largest absolute Gasteiger partial charge is 0.456 e. The Morgan fingerprint density at radius 3 is 2.57 bits per heavy atom. The fraction of sp³-hybridized carbons (Fsp3) is 0.667. The molecule has 0 aliphatic carbocycles. The summed E-state index contributed by atoms with van der Waals surface area (Å²) >= 11 is 6.53. The summed E-state index contributed by atoms with van der Waals surface area (Å²) in [6, 6.07) is 0. The topological polar surface area (TPSA) is 110 Å². The Kier molecular flexibility index (Phi) is 10.7. The number of nitrogens with zero attached hydrogens (tertiary/aromatic N) is 1. The molecule has 2 rings (SSSR count). The van der Waals surface area contributed by atoms with Gasteiger partial charge in [-0.2, -0.15) is 0 Å². The third-order valence-electron chi connectivity index (χ3n) is 7.01. The van der Waals surface area contributed by atoms with E-state index in [1.54, 1.807) is 26.8 Å². The zero-order valence-corrected chi connectivity index (χ0v) is 22.5. The standard InChI is InChI=1S/C27H40ClNO6/c1-7-20-25(32)17(3)10-8-9-16(2)11-12-22(21(28)13-19-15-34-18(4)29-19)35-24(31)14-23(30)27(5,6)26(20)33/h11,13,15,17,20,22-23,25,30,32H,7-10,12,14H2,1-6H3/b16-11-,21-13-/t17-,20+,22-,23-,25-/m0/s1. The van der Waals surface area contributed by atoms with Gasteiger partial charge in [0.15, 0.2) is 5.89 Å². The Morgan fingerprint density at radius 2 is 1.97 bits per heavy atom. The molecule has 8 heteroatoms. The van der Waals surface area contributed by atoms with Gasteiger partial charge in [0.25, 0.3) is 0 Å². The molecule has 1 aliphatic heterocycles. The molecule has 1 aromatic heterocycles. The van der Waals surface area contributed by atoms with Crippen LogP contribution in [-0.2, 0) is 14.3 Å². The lowest BCUT2D eigenvalue weighted by molar-refractivity contribution is -0.154. The highest BCUT2D eigenvalue weighted by Gasteiger charge is 2.43. The van der Waals surface area contributed by atoms with Crippen molar-refractivity contribution in [2.24, 2.45) is 17.3 Å². The molecule has 0 saturated carbocycles. The number of aliphatic hydroxyl groups is 2. The van der Waals surface area contributed by atoms with Gasteiger partial charge in [0.2, 0.25) is 0 Å². The molecule has 7 nitrogen and oxygen atoms in total. The average Bonchev–Trinajstić information content (AvgIpc) is 3.20. The van der Waals surface area contributed by atoms with Crippen LogP contribution in [0.4, 0.5) is 0 Å². The van der Waals surface area contributed by atoms with Gasteiger partial charge in [-0.25, -0.2) is 4.98 Å². The maximum absolute atomic E-state index is 13.4. The number of ketones is 1. The number of esters is 1. The van der Waals surface area contributed by atoms with E-state index in [1.807, 2.05) is 26.8 Å². The lowest BCUT2D eigenvalue weighted by Gasteiger charge is -2.35. The Labute approximate surface area is 213 Å². The molecule has 35 heavy (non-hydrogen) atoms. The van der Waals surface area contributed by atoms with Crippen molar-refractivity contribution < 1.29 is 29.0 Å². The molecule has 0 radical (unpaired) electrons. The summed E-state index contributed by atoms with van der Waals surface area (Å²) in [5, 5.41) is 22.1. The second-order valence-electron chi connectivity index (χ2n) is 10.3.